The first-order valence-electron chi connectivity index (χ1n) is 7.51. The van der Waals surface area contributed by atoms with E-state index in [0.29, 0.717) is 5.75 Å². The molecule has 0 saturated heterocycles. The molecule has 0 atom stereocenters. The largest absolute Gasteiger partial charge is 0.482 e. The summed E-state index contributed by atoms with van der Waals surface area (Å²) in [5.41, 5.74) is 4.73. The van der Waals surface area contributed by atoms with Gasteiger partial charge in [-0.15, -0.1) is 0 Å². The molecule has 0 aliphatic rings. The van der Waals surface area contributed by atoms with Crippen molar-refractivity contribution in [1.29, 1.82) is 0 Å². The second-order valence-electron chi connectivity index (χ2n) is 5.91. The van der Waals surface area contributed by atoms with E-state index in [2.05, 4.69) is 43.5 Å². The predicted octanol–water partition coefficient (Wildman–Crippen LogP) is 5.17. The Hall–Kier alpha value is -1.40. The molecule has 0 saturated carbocycles. The van der Waals surface area contributed by atoms with Crippen molar-refractivity contribution in [2.45, 2.75) is 34.1 Å². The van der Waals surface area contributed by atoms with Gasteiger partial charge >= 0.3 is 0 Å². The van der Waals surface area contributed by atoms with Gasteiger partial charge in [-0.2, -0.15) is 5.10 Å². The SMILES string of the molecule is C=C(C)Cc1c(C)nn(C(=O)COc2c(C)cc(Br)cc2Br)c1C. The highest BCUT2D eigenvalue weighted by Crippen LogP contribution is 2.32. The van der Waals surface area contributed by atoms with Gasteiger partial charge in [-0.1, -0.05) is 28.1 Å². The molecule has 128 valence electrons. The third-order valence-electron chi connectivity index (χ3n) is 3.69. The van der Waals surface area contributed by atoms with E-state index < -0.39 is 0 Å². The number of carbonyl (C=O) groups is 1. The van der Waals surface area contributed by atoms with E-state index in [-0.39, 0.29) is 12.5 Å². The number of nitrogens with zero attached hydrogens (tertiary/aromatic N) is 2. The minimum atomic E-state index is -0.196. The Balaban J connectivity index is 2.18. The Morgan fingerprint density at radius 2 is 1.96 bits per heavy atom. The Labute approximate surface area is 159 Å². The second-order valence-corrected chi connectivity index (χ2v) is 7.68. The highest BCUT2D eigenvalue weighted by Gasteiger charge is 2.18. The van der Waals surface area contributed by atoms with Crippen molar-refractivity contribution in [3.63, 3.8) is 0 Å². The molecule has 0 spiro atoms. The van der Waals surface area contributed by atoms with Crippen LogP contribution in [0.4, 0.5) is 0 Å². The molecule has 0 bridgehead atoms. The number of benzene rings is 1. The van der Waals surface area contributed by atoms with Crippen LogP contribution in [0, 0.1) is 20.8 Å². The van der Waals surface area contributed by atoms with E-state index >= 15 is 0 Å². The first kappa shape index (κ1) is 18.9. The van der Waals surface area contributed by atoms with E-state index in [4.69, 9.17) is 4.74 Å². The molecule has 24 heavy (non-hydrogen) atoms. The smallest absolute Gasteiger partial charge is 0.284 e. The molecule has 4 nitrogen and oxygen atoms in total. The van der Waals surface area contributed by atoms with Crippen molar-refractivity contribution < 1.29 is 9.53 Å². The maximum Gasteiger partial charge on any atom is 0.284 e. The lowest BCUT2D eigenvalue weighted by Gasteiger charge is -2.11. The number of rotatable bonds is 5. The maximum atomic E-state index is 12.5. The highest BCUT2D eigenvalue weighted by molar-refractivity contribution is 9.11. The third kappa shape index (κ3) is 4.16. The van der Waals surface area contributed by atoms with Crippen LogP contribution in [0.15, 0.2) is 33.2 Å². The molecule has 0 aliphatic carbocycles. The summed E-state index contributed by atoms with van der Waals surface area (Å²) in [7, 11) is 0. The van der Waals surface area contributed by atoms with Crippen LogP contribution in [0.3, 0.4) is 0 Å². The van der Waals surface area contributed by atoms with Gasteiger partial charge in [0.2, 0.25) is 0 Å². The molecule has 1 heterocycles. The van der Waals surface area contributed by atoms with Gasteiger partial charge in [-0.3, -0.25) is 4.79 Å². The van der Waals surface area contributed by atoms with Gasteiger partial charge in [0, 0.05) is 15.7 Å². The number of carbonyl (C=O) groups excluding carboxylic acids is 1. The topological polar surface area (TPSA) is 44.1 Å². The molecule has 2 aromatic rings. The molecule has 0 N–H and O–H groups in total. The molecular weight excluding hydrogens is 436 g/mol. The van der Waals surface area contributed by atoms with Gasteiger partial charge in [0.05, 0.1) is 10.2 Å². The average molecular weight is 456 g/mol. The van der Waals surface area contributed by atoms with Gasteiger partial charge in [0.1, 0.15) is 5.75 Å². The summed E-state index contributed by atoms with van der Waals surface area (Å²) in [5, 5.41) is 4.36. The van der Waals surface area contributed by atoms with Crippen LogP contribution in [0.25, 0.3) is 0 Å². The van der Waals surface area contributed by atoms with E-state index in [1.54, 1.807) is 0 Å². The number of halogens is 2. The van der Waals surface area contributed by atoms with Gasteiger partial charge in [-0.25, -0.2) is 4.68 Å². The summed E-state index contributed by atoms with van der Waals surface area (Å²) in [6.07, 6.45) is 0.725. The third-order valence-corrected chi connectivity index (χ3v) is 4.74. The van der Waals surface area contributed by atoms with Crippen LogP contribution in [-0.2, 0) is 6.42 Å². The average Bonchev–Trinajstić information content (AvgIpc) is 2.73. The Bertz CT molecular complexity index is 787. The lowest BCUT2D eigenvalue weighted by molar-refractivity contribution is 0.0817. The lowest BCUT2D eigenvalue weighted by atomic mass is 10.1. The highest BCUT2D eigenvalue weighted by atomic mass is 79.9. The number of hydrogen-bond acceptors (Lipinski definition) is 3. The van der Waals surface area contributed by atoms with Gasteiger partial charge in [0.15, 0.2) is 6.61 Å². The van der Waals surface area contributed by atoms with E-state index in [9.17, 15) is 4.79 Å². The van der Waals surface area contributed by atoms with Crippen molar-refractivity contribution in [2.75, 3.05) is 6.61 Å². The van der Waals surface area contributed by atoms with Crippen LogP contribution in [0.2, 0.25) is 0 Å². The fraction of sp³-hybridized carbons (Fsp3) is 0.333. The quantitative estimate of drug-likeness (QED) is 0.584. The summed E-state index contributed by atoms with van der Waals surface area (Å²) >= 11 is 6.89. The first-order valence-corrected chi connectivity index (χ1v) is 9.10. The predicted molar refractivity (Wildman–Crippen MR) is 103 cm³/mol. The fourth-order valence-corrected chi connectivity index (χ4v) is 4.10. The number of ether oxygens (including phenoxy) is 1. The van der Waals surface area contributed by atoms with Gasteiger partial charge in [0.25, 0.3) is 5.91 Å². The van der Waals surface area contributed by atoms with Crippen LogP contribution in [0.5, 0.6) is 5.75 Å². The van der Waals surface area contributed by atoms with Gasteiger partial charge < -0.3 is 4.74 Å². The standard InChI is InChI=1S/C18H20Br2N2O2/c1-10(2)6-15-12(4)21-22(13(15)5)17(23)9-24-18-11(3)7-14(19)8-16(18)20/h7-8H,1,6,9H2,2-5H3. The van der Waals surface area contributed by atoms with Crippen molar-refractivity contribution >= 4 is 37.8 Å². The minimum Gasteiger partial charge on any atom is -0.482 e. The summed E-state index contributed by atoms with van der Waals surface area (Å²) < 4.78 is 8.91. The number of aromatic nitrogens is 2. The monoisotopic (exact) mass is 454 g/mol. The summed E-state index contributed by atoms with van der Waals surface area (Å²) in [6, 6.07) is 3.83. The Kier molecular flexibility index (Phi) is 6.04. The number of hydrogen-bond donors (Lipinski definition) is 0. The lowest BCUT2D eigenvalue weighted by Crippen LogP contribution is -2.22. The minimum absolute atomic E-state index is 0.0739. The molecule has 6 heteroatoms. The fourth-order valence-electron chi connectivity index (χ4n) is 2.54. The molecule has 0 amide bonds. The van der Waals surface area contributed by atoms with Crippen molar-refractivity contribution in [3.8, 4) is 5.75 Å². The molecule has 1 aromatic carbocycles. The normalized spacial score (nSPS) is 10.8. The van der Waals surface area contributed by atoms with Crippen LogP contribution in [0.1, 0.15) is 34.2 Å². The zero-order valence-corrected chi connectivity index (χ0v) is 17.4. The molecule has 0 radical (unpaired) electrons. The van der Waals surface area contributed by atoms with Crippen LogP contribution < -0.4 is 4.74 Å². The number of allylic oxidation sites excluding steroid dienone is 1. The second kappa shape index (κ2) is 7.66. The Morgan fingerprint density at radius 1 is 1.29 bits per heavy atom. The summed E-state index contributed by atoms with van der Waals surface area (Å²) in [4.78, 5) is 12.5. The molecule has 1 aromatic heterocycles. The van der Waals surface area contributed by atoms with E-state index in [1.807, 2.05) is 39.8 Å². The molecule has 0 unspecified atom stereocenters. The Morgan fingerprint density at radius 3 is 2.54 bits per heavy atom. The molecule has 0 fully saturated rings. The zero-order valence-electron chi connectivity index (χ0n) is 14.2. The molecular formula is C18H20Br2N2O2. The molecule has 2 rings (SSSR count). The maximum absolute atomic E-state index is 12.5. The summed E-state index contributed by atoms with van der Waals surface area (Å²) in [6.45, 7) is 11.6. The summed E-state index contributed by atoms with van der Waals surface area (Å²) in [5.74, 6) is 0.466. The van der Waals surface area contributed by atoms with Crippen molar-refractivity contribution in [2.24, 2.45) is 0 Å². The number of aryl methyl sites for hydroxylation is 2. The zero-order chi connectivity index (χ0) is 18.0. The van der Waals surface area contributed by atoms with Gasteiger partial charge in [-0.05, 0) is 67.7 Å². The van der Waals surface area contributed by atoms with Crippen molar-refractivity contribution in [3.05, 3.63) is 55.7 Å². The van der Waals surface area contributed by atoms with E-state index in [1.165, 1.54) is 4.68 Å². The van der Waals surface area contributed by atoms with Crippen LogP contribution in [-0.4, -0.2) is 22.3 Å². The van der Waals surface area contributed by atoms with Crippen LogP contribution >= 0.6 is 31.9 Å². The van der Waals surface area contributed by atoms with E-state index in [0.717, 1.165) is 43.5 Å². The van der Waals surface area contributed by atoms with Crippen molar-refractivity contribution in [1.82, 2.24) is 9.78 Å². The first-order chi connectivity index (χ1) is 11.2. The molecule has 0 aliphatic heterocycles.